The fourth-order valence-electron chi connectivity index (χ4n) is 2.76. The molecular weight excluding hydrogens is 286 g/mol. The van der Waals surface area contributed by atoms with Crippen LogP contribution in [0.1, 0.15) is 18.9 Å². The zero-order valence-corrected chi connectivity index (χ0v) is 13.6. The Labute approximate surface area is 132 Å². The molecule has 1 aromatic carbocycles. The van der Waals surface area contributed by atoms with Crippen molar-refractivity contribution in [3.05, 3.63) is 28.8 Å². The van der Waals surface area contributed by atoms with Crippen LogP contribution in [0.2, 0.25) is 5.02 Å². The summed E-state index contributed by atoms with van der Waals surface area (Å²) >= 11 is 6.47. The van der Waals surface area contributed by atoms with Gasteiger partial charge >= 0.3 is 0 Å². The first-order valence-electron chi connectivity index (χ1n) is 7.82. The van der Waals surface area contributed by atoms with Gasteiger partial charge in [0.15, 0.2) is 0 Å². The maximum Gasteiger partial charge on any atom is 0.0642 e. The van der Waals surface area contributed by atoms with Gasteiger partial charge < -0.3 is 15.3 Å². The highest BCUT2D eigenvalue weighted by atomic mass is 35.5. The highest BCUT2D eigenvalue weighted by Gasteiger charge is 2.16. The highest BCUT2D eigenvalue weighted by Crippen LogP contribution is 2.27. The van der Waals surface area contributed by atoms with Gasteiger partial charge in [-0.05, 0) is 37.2 Å². The van der Waals surface area contributed by atoms with Gasteiger partial charge in [-0.25, -0.2) is 0 Å². The lowest BCUT2D eigenvalue weighted by Crippen LogP contribution is -2.32. The second kappa shape index (κ2) is 8.59. The fraction of sp³-hybridized carbons (Fsp3) is 0.625. The van der Waals surface area contributed by atoms with Crippen LogP contribution in [0.5, 0.6) is 0 Å². The van der Waals surface area contributed by atoms with Gasteiger partial charge in [0.1, 0.15) is 0 Å². The molecule has 2 N–H and O–H groups in total. The van der Waals surface area contributed by atoms with Crippen LogP contribution in [0.4, 0.5) is 5.69 Å². The van der Waals surface area contributed by atoms with Gasteiger partial charge in [0.05, 0.1) is 17.3 Å². The number of nitrogens with one attached hydrogen (secondary N) is 1. The number of benzene rings is 1. The number of nitrogens with zero attached hydrogens (tertiary/aromatic N) is 2. The molecule has 0 aromatic heterocycles. The van der Waals surface area contributed by atoms with E-state index < -0.39 is 0 Å². The summed E-state index contributed by atoms with van der Waals surface area (Å²) in [7, 11) is 0. The summed E-state index contributed by atoms with van der Waals surface area (Å²) in [5.41, 5.74) is 2.35. The van der Waals surface area contributed by atoms with Crippen molar-refractivity contribution in [1.82, 2.24) is 10.2 Å². The lowest BCUT2D eigenvalue weighted by molar-refractivity contribution is 0.204. The summed E-state index contributed by atoms with van der Waals surface area (Å²) in [5, 5.41) is 13.2. The summed E-state index contributed by atoms with van der Waals surface area (Å²) in [6.07, 6.45) is 1.11. The number of halogens is 1. The Morgan fingerprint density at radius 3 is 2.81 bits per heavy atom. The minimum atomic E-state index is 0.236. The minimum absolute atomic E-state index is 0.236. The van der Waals surface area contributed by atoms with E-state index in [1.807, 2.05) is 0 Å². The van der Waals surface area contributed by atoms with Gasteiger partial charge in [-0.1, -0.05) is 24.6 Å². The predicted octanol–water partition coefficient (Wildman–Crippen LogP) is 1.95. The minimum Gasteiger partial charge on any atom is -0.395 e. The first kappa shape index (κ1) is 16.6. The van der Waals surface area contributed by atoms with Crippen molar-refractivity contribution in [1.29, 1.82) is 0 Å². The molecule has 0 amide bonds. The molecule has 2 rings (SSSR count). The van der Waals surface area contributed by atoms with E-state index in [2.05, 4.69) is 40.2 Å². The monoisotopic (exact) mass is 311 g/mol. The van der Waals surface area contributed by atoms with Crippen LogP contribution in [0, 0.1) is 0 Å². The Kier molecular flexibility index (Phi) is 6.77. The van der Waals surface area contributed by atoms with Crippen molar-refractivity contribution in [3.63, 3.8) is 0 Å². The van der Waals surface area contributed by atoms with E-state index in [1.165, 1.54) is 5.56 Å². The molecule has 0 atom stereocenters. The van der Waals surface area contributed by atoms with E-state index in [9.17, 15) is 0 Å². The van der Waals surface area contributed by atoms with Crippen molar-refractivity contribution < 1.29 is 5.11 Å². The van der Waals surface area contributed by atoms with Crippen LogP contribution in [0.15, 0.2) is 18.2 Å². The zero-order valence-electron chi connectivity index (χ0n) is 12.8. The van der Waals surface area contributed by atoms with Crippen LogP contribution < -0.4 is 10.2 Å². The van der Waals surface area contributed by atoms with Gasteiger partial charge in [-0.3, -0.25) is 4.90 Å². The molecule has 0 radical (unpaired) electrons. The van der Waals surface area contributed by atoms with Crippen LogP contribution in [0.25, 0.3) is 0 Å². The molecule has 1 aliphatic rings. The van der Waals surface area contributed by atoms with E-state index in [0.717, 1.165) is 62.9 Å². The van der Waals surface area contributed by atoms with Gasteiger partial charge in [0.2, 0.25) is 0 Å². The number of aliphatic hydroxyl groups excluding tert-OH is 1. The third-order valence-electron chi connectivity index (χ3n) is 3.94. The third-order valence-corrected chi connectivity index (χ3v) is 4.24. The first-order valence-corrected chi connectivity index (χ1v) is 8.19. The van der Waals surface area contributed by atoms with E-state index >= 15 is 0 Å². The molecule has 0 unspecified atom stereocenters. The largest absolute Gasteiger partial charge is 0.395 e. The Morgan fingerprint density at radius 2 is 2.10 bits per heavy atom. The van der Waals surface area contributed by atoms with Crippen LogP contribution >= 0.6 is 11.6 Å². The summed E-state index contributed by atoms with van der Waals surface area (Å²) in [5.74, 6) is 0. The molecule has 1 heterocycles. The molecule has 5 heteroatoms. The maximum absolute atomic E-state index is 9.06. The Bertz CT molecular complexity index is 442. The van der Waals surface area contributed by atoms with E-state index in [0.29, 0.717) is 0 Å². The number of aliphatic hydroxyl groups is 1. The van der Waals surface area contributed by atoms with Crippen molar-refractivity contribution in [2.45, 2.75) is 19.9 Å². The standard InChI is InChI=1S/C16H26ClN3O/c1-2-18-13-14-4-5-16(15(17)12-14)20-7-3-6-19(8-9-20)10-11-21/h4-5,12,18,21H,2-3,6-11,13H2,1H3. The maximum atomic E-state index is 9.06. The molecular formula is C16H26ClN3O. The second-order valence-electron chi connectivity index (χ2n) is 5.47. The lowest BCUT2D eigenvalue weighted by Gasteiger charge is -2.24. The fourth-order valence-corrected chi connectivity index (χ4v) is 3.09. The topological polar surface area (TPSA) is 38.7 Å². The van der Waals surface area contributed by atoms with Gasteiger partial charge in [-0.2, -0.15) is 0 Å². The predicted molar refractivity (Wildman–Crippen MR) is 89.2 cm³/mol. The molecule has 1 saturated heterocycles. The van der Waals surface area contributed by atoms with Crippen molar-refractivity contribution in [2.75, 3.05) is 50.8 Å². The molecule has 118 valence electrons. The van der Waals surface area contributed by atoms with E-state index in [1.54, 1.807) is 0 Å². The summed E-state index contributed by atoms with van der Waals surface area (Å²) < 4.78 is 0. The normalized spacial score (nSPS) is 17.0. The molecule has 0 aliphatic carbocycles. The number of anilines is 1. The van der Waals surface area contributed by atoms with Crippen LogP contribution in [-0.2, 0) is 6.54 Å². The van der Waals surface area contributed by atoms with Crippen LogP contribution in [-0.4, -0.2) is 55.9 Å². The van der Waals surface area contributed by atoms with Crippen molar-refractivity contribution in [2.24, 2.45) is 0 Å². The second-order valence-corrected chi connectivity index (χ2v) is 5.88. The van der Waals surface area contributed by atoms with Gasteiger partial charge in [0, 0.05) is 32.7 Å². The summed E-state index contributed by atoms with van der Waals surface area (Å²) in [6, 6.07) is 6.35. The number of rotatable bonds is 6. The molecule has 21 heavy (non-hydrogen) atoms. The van der Waals surface area contributed by atoms with Gasteiger partial charge in [-0.15, -0.1) is 0 Å². The third kappa shape index (κ3) is 4.85. The molecule has 4 nitrogen and oxygen atoms in total. The molecule has 0 saturated carbocycles. The first-order chi connectivity index (χ1) is 10.2. The smallest absolute Gasteiger partial charge is 0.0642 e. The molecule has 1 fully saturated rings. The summed E-state index contributed by atoms with van der Waals surface area (Å²) in [4.78, 5) is 4.67. The Balaban J connectivity index is 2.00. The summed E-state index contributed by atoms with van der Waals surface area (Å²) in [6.45, 7) is 8.95. The van der Waals surface area contributed by atoms with E-state index in [4.69, 9.17) is 16.7 Å². The highest BCUT2D eigenvalue weighted by molar-refractivity contribution is 6.33. The van der Waals surface area contributed by atoms with Gasteiger partial charge in [0.25, 0.3) is 0 Å². The Hall–Kier alpha value is -0.810. The lowest BCUT2D eigenvalue weighted by atomic mass is 10.2. The zero-order chi connectivity index (χ0) is 15.1. The molecule has 0 bridgehead atoms. The number of β-amino-alcohol motifs (C(OH)–C–C–N with tert-alkyl or cyclic N) is 1. The van der Waals surface area contributed by atoms with Crippen molar-refractivity contribution >= 4 is 17.3 Å². The molecule has 1 aliphatic heterocycles. The molecule has 1 aromatic rings. The van der Waals surface area contributed by atoms with E-state index in [-0.39, 0.29) is 6.61 Å². The average Bonchev–Trinajstić information content (AvgIpc) is 2.71. The Morgan fingerprint density at radius 1 is 1.24 bits per heavy atom. The number of hydrogen-bond donors (Lipinski definition) is 2. The quantitative estimate of drug-likeness (QED) is 0.842. The SMILES string of the molecule is CCNCc1ccc(N2CCCN(CCO)CC2)c(Cl)c1. The van der Waals surface area contributed by atoms with Crippen molar-refractivity contribution in [3.8, 4) is 0 Å². The van der Waals surface area contributed by atoms with Crippen LogP contribution in [0.3, 0.4) is 0 Å². The molecule has 0 spiro atoms. The number of hydrogen-bond acceptors (Lipinski definition) is 4. The average molecular weight is 312 g/mol.